The van der Waals surface area contributed by atoms with Gasteiger partial charge in [0.05, 0.1) is 4.88 Å². The van der Waals surface area contributed by atoms with Gasteiger partial charge in [-0.05, 0) is 80.3 Å². The Balaban J connectivity index is 1.42. The number of aromatic nitrogens is 1. The summed E-state index contributed by atoms with van der Waals surface area (Å²) in [4.78, 5) is 23.2. The summed E-state index contributed by atoms with van der Waals surface area (Å²) in [6, 6.07) is 6.88. The van der Waals surface area contributed by atoms with E-state index in [1.165, 1.54) is 51.6 Å². The lowest BCUT2D eigenvalue weighted by atomic mass is 9.94. The Morgan fingerprint density at radius 3 is 2.64 bits per heavy atom. The van der Waals surface area contributed by atoms with Crippen molar-refractivity contribution in [2.75, 3.05) is 19.6 Å². The van der Waals surface area contributed by atoms with E-state index in [4.69, 9.17) is 0 Å². The van der Waals surface area contributed by atoms with Gasteiger partial charge in [-0.25, -0.2) is 0 Å². The minimum absolute atomic E-state index is 0.176. The van der Waals surface area contributed by atoms with Crippen LogP contribution in [0.15, 0.2) is 36.0 Å². The summed E-state index contributed by atoms with van der Waals surface area (Å²) in [6.07, 6.45) is 11.6. The van der Waals surface area contributed by atoms with E-state index in [0.717, 1.165) is 28.6 Å². The molecular weight excluding hydrogens is 366 g/mol. The number of amides is 1. The topological polar surface area (TPSA) is 36.4 Å². The largest absolute Gasteiger partial charge is 0.333 e. The molecule has 0 bridgehead atoms. The van der Waals surface area contributed by atoms with E-state index in [9.17, 15) is 4.79 Å². The highest BCUT2D eigenvalue weighted by Gasteiger charge is 2.29. The number of pyridine rings is 1. The number of aryl methyl sites for hydroxylation is 1. The first kappa shape index (κ1) is 19.6. The Kier molecular flexibility index (Phi) is 6.43. The number of rotatable bonds is 6. The molecule has 1 saturated carbocycles. The van der Waals surface area contributed by atoms with E-state index in [0.29, 0.717) is 12.5 Å². The molecule has 5 heteroatoms. The smallest absolute Gasteiger partial charge is 0.264 e. The molecule has 150 valence electrons. The molecule has 1 aliphatic heterocycles. The number of carbonyl (C=O) groups is 1. The minimum atomic E-state index is 0.176. The van der Waals surface area contributed by atoms with Crippen molar-refractivity contribution in [3.8, 4) is 0 Å². The first-order chi connectivity index (χ1) is 13.7. The monoisotopic (exact) mass is 397 g/mol. The van der Waals surface area contributed by atoms with Gasteiger partial charge in [0, 0.05) is 31.5 Å². The van der Waals surface area contributed by atoms with Crippen LogP contribution in [0.3, 0.4) is 0 Å². The van der Waals surface area contributed by atoms with Crippen LogP contribution in [0.25, 0.3) is 0 Å². The predicted molar refractivity (Wildman–Crippen MR) is 115 cm³/mol. The number of nitrogens with zero attached hydrogens (tertiary/aromatic N) is 3. The van der Waals surface area contributed by atoms with E-state index >= 15 is 0 Å². The van der Waals surface area contributed by atoms with Crippen molar-refractivity contribution in [1.29, 1.82) is 0 Å². The molecule has 2 aromatic rings. The Hall–Kier alpha value is -1.72. The van der Waals surface area contributed by atoms with Crippen LogP contribution in [0.2, 0.25) is 0 Å². The van der Waals surface area contributed by atoms with Gasteiger partial charge in [-0.15, -0.1) is 11.3 Å². The second-order valence-corrected chi connectivity index (χ2v) is 9.31. The van der Waals surface area contributed by atoms with Crippen molar-refractivity contribution < 1.29 is 4.79 Å². The molecule has 2 aliphatic rings. The second kappa shape index (κ2) is 9.19. The Morgan fingerprint density at radius 1 is 1.21 bits per heavy atom. The molecule has 28 heavy (non-hydrogen) atoms. The zero-order valence-corrected chi connectivity index (χ0v) is 17.7. The number of carbonyl (C=O) groups excluding carboxylic acids is 1. The van der Waals surface area contributed by atoms with E-state index in [1.807, 2.05) is 30.6 Å². The van der Waals surface area contributed by atoms with Gasteiger partial charge in [0.25, 0.3) is 5.91 Å². The number of piperidine rings is 1. The lowest BCUT2D eigenvalue weighted by Crippen LogP contribution is -2.43. The van der Waals surface area contributed by atoms with Crippen LogP contribution in [0.1, 0.15) is 59.3 Å². The molecule has 4 nitrogen and oxygen atoms in total. The van der Waals surface area contributed by atoms with E-state index < -0.39 is 0 Å². The number of thiophene rings is 1. The molecule has 2 fully saturated rings. The van der Waals surface area contributed by atoms with Crippen molar-refractivity contribution in [1.82, 2.24) is 14.8 Å². The molecule has 0 atom stereocenters. The van der Waals surface area contributed by atoms with Crippen LogP contribution in [-0.4, -0.2) is 46.4 Å². The van der Waals surface area contributed by atoms with E-state index in [2.05, 4.69) is 20.9 Å². The first-order valence-electron chi connectivity index (χ1n) is 10.7. The van der Waals surface area contributed by atoms with Gasteiger partial charge >= 0.3 is 0 Å². The lowest BCUT2D eigenvalue weighted by Gasteiger charge is -2.37. The summed E-state index contributed by atoms with van der Waals surface area (Å²) in [7, 11) is 0. The average Bonchev–Trinajstić information content (AvgIpc) is 3.40. The number of likely N-dealkylation sites (tertiary alicyclic amines) is 1. The molecule has 2 aromatic heterocycles. The maximum Gasteiger partial charge on any atom is 0.264 e. The molecular formula is C23H31N3OS. The molecule has 0 aromatic carbocycles. The highest BCUT2D eigenvalue weighted by Crippen LogP contribution is 2.29. The second-order valence-electron chi connectivity index (χ2n) is 8.40. The maximum atomic E-state index is 13.3. The fourth-order valence-corrected chi connectivity index (χ4v) is 5.64. The third-order valence-corrected chi connectivity index (χ3v) is 7.41. The van der Waals surface area contributed by atoms with E-state index in [-0.39, 0.29) is 5.91 Å². The van der Waals surface area contributed by atoms with Crippen LogP contribution < -0.4 is 0 Å². The third-order valence-electron chi connectivity index (χ3n) is 6.41. The Bertz CT molecular complexity index is 761. The molecule has 4 rings (SSSR count). The molecule has 1 amide bonds. The molecule has 0 N–H and O–H groups in total. The summed E-state index contributed by atoms with van der Waals surface area (Å²) in [6.45, 7) is 5.92. The zero-order valence-electron chi connectivity index (χ0n) is 16.8. The summed E-state index contributed by atoms with van der Waals surface area (Å²) >= 11 is 1.56. The fraction of sp³-hybridized carbons (Fsp3) is 0.565. The third kappa shape index (κ3) is 4.64. The summed E-state index contributed by atoms with van der Waals surface area (Å²) in [5, 5.41) is 2.02. The average molecular weight is 398 g/mol. The number of hydrogen-bond donors (Lipinski definition) is 0. The highest BCUT2D eigenvalue weighted by molar-refractivity contribution is 7.12. The van der Waals surface area contributed by atoms with Crippen molar-refractivity contribution in [3.05, 3.63) is 52.0 Å². The molecule has 1 saturated heterocycles. The minimum Gasteiger partial charge on any atom is -0.333 e. The predicted octanol–water partition coefficient (Wildman–Crippen LogP) is 4.75. The molecule has 0 unspecified atom stereocenters. The summed E-state index contributed by atoms with van der Waals surface area (Å²) in [5.74, 6) is 0.771. The Morgan fingerprint density at radius 2 is 2.00 bits per heavy atom. The summed E-state index contributed by atoms with van der Waals surface area (Å²) in [5.41, 5.74) is 2.19. The van der Waals surface area contributed by atoms with Crippen LogP contribution >= 0.6 is 11.3 Å². The molecule has 0 radical (unpaired) electrons. The lowest BCUT2D eigenvalue weighted by molar-refractivity contribution is 0.0654. The van der Waals surface area contributed by atoms with Gasteiger partial charge in [0.15, 0.2) is 0 Å². The molecule has 0 spiro atoms. The summed E-state index contributed by atoms with van der Waals surface area (Å²) < 4.78 is 0. The van der Waals surface area contributed by atoms with Crippen LogP contribution in [0.4, 0.5) is 0 Å². The normalized spacial score (nSPS) is 19.2. The maximum absolute atomic E-state index is 13.3. The Labute approximate surface area is 172 Å². The van der Waals surface area contributed by atoms with Crippen molar-refractivity contribution in [2.45, 2.75) is 58.0 Å². The van der Waals surface area contributed by atoms with Crippen LogP contribution in [-0.2, 0) is 6.54 Å². The number of hydrogen-bond acceptors (Lipinski definition) is 4. The van der Waals surface area contributed by atoms with E-state index in [1.54, 1.807) is 17.5 Å². The first-order valence-corrected chi connectivity index (χ1v) is 11.5. The zero-order chi connectivity index (χ0) is 19.3. The van der Waals surface area contributed by atoms with Gasteiger partial charge in [-0.1, -0.05) is 18.9 Å². The molecule has 1 aliphatic carbocycles. The van der Waals surface area contributed by atoms with Crippen molar-refractivity contribution in [3.63, 3.8) is 0 Å². The fourth-order valence-electron chi connectivity index (χ4n) is 4.75. The standard InChI is InChI=1S/C23H31N3OS/c1-18-10-14-28-22(18)23(27)26(17-20-5-4-11-24-15-20)16-19-8-12-25(13-9-19)21-6-2-3-7-21/h4-5,10-11,14-15,19,21H,2-3,6-9,12-13,16-17H2,1H3. The van der Waals surface area contributed by atoms with Crippen LogP contribution in [0.5, 0.6) is 0 Å². The van der Waals surface area contributed by atoms with Crippen molar-refractivity contribution >= 4 is 17.2 Å². The van der Waals surface area contributed by atoms with Crippen molar-refractivity contribution in [2.24, 2.45) is 5.92 Å². The van der Waals surface area contributed by atoms with Gasteiger partial charge in [0.1, 0.15) is 0 Å². The quantitative estimate of drug-likeness (QED) is 0.706. The van der Waals surface area contributed by atoms with Gasteiger partial charge < -0.3 is 9.80 Å². The van der Waals surface area contributed by atoms with Gasteiger partial charge in [0.2, 0.25) is 0 Å². The SMILES string of the molecule is Cc1ccsc1C(=O)N(Cc1cccnc1)CC1CCN(C2CCCC2)CC1. The van der Waals surface area contributed by atoms with Gasteiger partial charge in [-0.3, -0.25) is 9.78 Å². The van der Waals surface area contributed by atoms with Crippen LogP contribution in [0, 0.1) is 12.8 Å². The highest BCUT2D eigenvalue weighted by atomic mass is 32.1. The van der Waals surface area contributed by atoms with Gasteiger partial charge in [-0.2, -0.15) is 0 Å². The molecule has 3 heterocycles.